The van der Waals surface area contributed by atoms with Gasteiger partial charge in [0.15, 0.2) is 0 Å². The average Bonchev–Trinajstić information content (AvgIpc) is 2.67. The van der Waals surface area contributed by atoms with Gasteiger partial charge in [-0.3, -0.25) is 4.90 Å². The van der Waals surface area contributed by atoms with Crippen LogP contribution < -0.4 is 5.73 Å². The van der Waals surface area contributed by atoms with E-state index >= 15 is 0 Å². The van der Waals surface area contributed by atoms with Crippen molar-refractivity contribution in [2.45, 2.75) is 38.1 Å². The molecular formula is C11H17F3N2S. The summed E-state index contributed by atoms with van der Waals surface area (Å²) in [5.74, 6) is 0. The van der Waals surface area contributed by atoms with Crippen molar-refractivity contribution in [1.29, 1.82) is 0 Å². The minimum atomic E-state index is -4.29. The van der Waals surface area contributed by atoms with Gasteiger partial charge < -0.3 is 5.73 Å². The van der Waals surface area contributed by atoms with Crippen molar-refractivity contribution in [3.05, 3.63) is 22.4 Å². The molecule has 0 radical (unpaired) electrons. The first-order chi connectivity index (χ1) is 7.86. The third-order valence-electron chi connectivity index (χ3n) is 2.67. The molecule has 0 aliphatic carbocycles. The molecule has 0 fully saturated rings. The first kappa shape index (κ1) is 14.5. The Balaban J connectivity index is 2.76. The van der Waals surface area contributed by atoms with Crippen LogP contribution in [0.15, 0.2) is 17.5 Å². The highest BCUT2D eigenvalue weighted by molar-refractivity contribution is 7.09. The minimum Gasteiger partial charge on any atom is -0.326 e. The largest absolute Gasteiger partial charge is 0.405 e. The molecule has 1 heterocycles. The van der Waals surface area contributed by atoms with Crippen LogP contribution in [0.3, 0.4) is 0 Å². The molecule has 0 saturated heterocycles. The molecule has 1 aromatic heterocycles. The molecule has 6 heteroatoms. The molecular weight excluding hydrogens is 249 g/mol. The lowest BCUT2D eigenvalue weighted by molar-refractivity contribution is -0.187. The zero-order chi connectivity index (χ0) is 13.1. The van der Waals surface area contributed by atoms with Crippen LogP contribution in [0.4, 0.5) is 13.2 Å². The number of nitrogens with zero attached hydrogens (tertiary/aromatic N) is 1. The van der Waals surface area contributed by atoms with Gasteiger partial charge in [-0.1, -0.05) is 13.0 Å². The van der Waals surface area contributed by atoms with Crippen molar-refractivity contribution in [3.63, 3.8) is 0 Å². The summed E-state index contributed by atoms with van der Waals surface area (Å²) in [6, 6.07) is 1.18. The number of likely N-dealkylation sites (N-methyl/N-ethyl adjacent to an activating group) is 1. The van der Waals surface area contributed by atoms with Crippen LogP contribution in [-0.2, 0) is 6.54 Å². The topological polar surface area (TPSA) is 29.3 Å². The summed E-state index contributed by atoms with van der Waals surface area (Å²) in [6.07, 6.45) is -3.99. The number of halogens is 3. The number of hydrogen-bond acceptors (Lipinski definition) is 3. The van der Waals surface area contributed by atoms with Gasteiger partial charge in [0, 0.05) is 17.5 Å². The van der Waals surface area contributed by atoms with Crippen LogP contribution >= 0.6 is 11.3 Å². The Morgan fingerprint density at radius 2 is 2.12 bits per heavy atom. The molecule has 0 aromatic carbocycles. The smallest absolute Gasteiger partial charge is 0.326 e. The molecule has 0 amide bonds. The Morgan fingerprint density at radius 3 is 2.53 bits per heavy atom. The second-order valence-corrected chi connectivity index (χ2v) is 5.09. The Labute approximate surface area is 103 Å². The zero-order valence-corrected chi connectivity index (χ0v) is 10.7. The Morgan fingerprint density at radius 1 is 1.47 bits per heavy atom. The molecule has 2 N–H and O–H groups in total. The van der Waals surface area contributed by atoms with E-state index in [2.05, 4.69) is 0 Å². The number of nitrogens with two attached hydrogens (primary N) is 1. The summed E-state index contributed by atoms with van der Waals surface area (Å²) >= 11 is 1.45. The molecule has 2 nitrogen and oxygen atoms in total. The summed E-state index contributed by atoms with van der Waals surface area (Å²) < 4.78 is 38.8. The normalized spacial score (nSPS) is 16.2. The highest BCUT2D eigenvalue weighted by atomic mass is 32.1. The maximum absolute atomic E-state index is 12.9. The van der Waals surface area contributed by atoms with Crippen LogP contribution in [-0.4, -0.2) is 30.2 Å². The molecule has 2 unspecified atom stereocenters. The lowest BCUT2D eigenvalue weighted by atomic mass is 10.0. The van der Waals surface area contributed by atoms with Crippen molar-refractivity contribution in [3.8, 4) is 0 Å². The third kappa shape index (κ3) is 3.97. The minimum absolute atomic E-state index is 0.273. The molecule has 0 bridgehead atoms. The van der Waals surface area contributed by atoms with Gasteiger partial charge >= 0.3 is 6.18 Å². The van der Waals surface area contributed by atoms with E-state index in [1.165, 1.54) is 23.3 Å². The van der Waals surface area contributed by atoms with E-state index in [1.807, 2.05) is 17.5 Å². The molecule has 17 heavy (non-hydrogen) atoms. The summed E-state index contributed by atoms with van der Waals surface area (Å²) in [4.78, 5) is 2.19. The van der Waals surface area contributed by atoms with Crippen molar-refractivity contribution >= 4 is 11.3 Å². The van der Waals surface area contributed by atoms with Gasteiger partial charge in [0.1, 0.15) is 6.04 Å². The maximum atomic E-state index is 12.9. The van der Waals surface area contributed by atoms with Crippen molar-refractivity contribution < 1.29 is 13.2 Å². The SMILES string of the molecule is CCC(N)C(N(C)Cc1cccs1)C(F)(F)F. The second-order valence-electron chi connectivity index (χ2n) is 4.05. The fourth-order valence-corrected chi connectivity index (χ4v) is 2.56. The van der Waals surface area contributed by atoms with E-state index in [9.17, 15) is 13.2 Å². The molecule has 2 atom stereocenters. The predicted octanol–water partition coefficient (Wildman–Crippen LogP) is 2.85. The lowest BCUT2D eigenvalue weighted by Crippen LogP contribution is -2.54. The summed E-state index contributed by atoms with van der Waals surface area (Å²) in [6.45, 7) is 1.94. The van der Waals surface area contributed by atoms with Crippen LogP contribution in [0.1, 0.15) is 18.2 Å². The number of alkyl halides is 3. The molecule has 1 rings (SSSR count). The standard InChI is InChI=1S/C11H17F3N2S/c1-3-9(15)10(11(12,13)14)16(2)7-8-5-4-6-17-8/h4-6,9-10H,3,7,15H2,1-2H3. The average molecular weight is 266 g/mol. The number of thiophene rings is 1. The first-order valence-electron chi connectivity index (χ1n) is 5.41. The van der Waals surface area contributed by atoms with Crippen LogP contribution in [0.5, 0.6) is 0 Å². The van der Waals surface area contributed by atoms with Gasteiger partial charge in [-0.25, -0.2) is 0 Å². The molecule has 1 aromatic rings. The van der Waals surface area contributed by atoms with E-state index in [4.69, 9.17) is 5.73 Å². The van der Waals surface area contributed by atoms with Gasteiger partial charge in [0.05, 0.1) is 0 Å². The monoisotopic (exact) mass is 266 g/mol. The predicted molar refractivity (Wildman–Crippen MR) is 63.9 cm³/mol. The van der Waals surface area contributed by atoms with E-state index < -0.39 is 18.3 Å². The highest BCUT2D eigenvalue weighted by Crippen LogP contribution is 2.28. The van der Waals surface area contributed by atoms with E-state index in [-0.39, 0.29) is 6.54 Å². The highest BCUT2D eigenvalue weighted by Gasteiger charge is 2.45. The van der Waals surface area contributed by atoms with E-state index in [0.717, 1.165) is 4.88 Å². The molecule has 0 aliphatic rings. The van der Waals surface area contributed by atoms with Crippen LogP contribution in [0.25, 0.3) is 0 Å². The second kappa shape index (κ2) is 5.84. The van der Waals surface area contributed by atoms with Crippen molar-refractivity contribution in [2.75, 3.05) is 7.05 Å². The lowest BCUT2D eigenvalue weighted by Gasteiger charge is -2.33. The van der Waals surface area contributed by atoms with Crippen molar-refractivity contribution in [2.24, 2.45) is 5.73 Å². The van der Waals surface area contributed by atoms with E-state index in [1.54, 1.807) is 6.92 Å². The summed E-state index contributed by atoms with van der Waals surface area (Å²) in [7, 11) is 1.47. The maximum Gasteiger partial charge on any atom is 0.405 e. The fraction of sp³-hybridized carbons (Fsp3) is 0.636. The number of rotatable bonds is 5. The first-order valence-corrected chi connectivity index (χ1v) is 6.29. The molecule has 0 saturated carbocycles. The Hall–Kier alpha value is -0.590. The van der Waals surface area contributed by atoms with Gasteiger partial charge in [-0.2, -0.15) is 13.2 Å². The summed E-state index contributed by atoms with van der Waals surface area (Å²) in [5.41, 5.74) is 5.57. The Bertz CT molecular complexity index is 324. The molecule has 0 aliphatic heterocycles. The summed E-state index contributed by atoms with van der Waals surface area (Å²) in [5, 5.41) is 1.85. The quantitative estimate of drug-likeness (QED) is 0.888. The Kier molecular flexibility index (Phi) is 4.97. The van der Waals surface area contributed by atoms with E-state index in [0.29, 0.717) is 6.42 Å². The third-order valence-corrected chi connectivity index (χ3v) is 3.53. The van der Waals surface area contributed by atoms with Crippen LogP contribution in [0.2, 0.25) is 0 Å². The van der Waals surface area contributed by atoms with Gasteiger partial charge in [0.2, 0.25) is 0 Å². The van der Waals surface area contributed by atoms with Gasteiger partial charge in [-0.15, -0.1) is 11.3 Å². The van der Waals surface area contributed by atoms with Crippen LogP contribution in [0, 0.1) is 0 Å². The van der Waals surface area contributed by atoms with Gasteiger partial charge in [0.25, 0.3) is 0 Å². The fourth-order valence-electron chi connectivity index (χ4n) is 1.79. The number of hydrogen-bond donors (Lipinski definition) is 1. The van der Waals surface area contributed by atoms with Crippen molar-refractivity contribution in [1.82, 2.24) is 4.90 Å². The zero-order valence-electron chi connectivity index (χ0n) is 9.87. The molecule has 98 valence electrons. The van der Waals surface area contributed by atoms with Gasteiger partial charge in [-0.05, 0) is 24.9 Å². The molecule has 0 spiro atoms.